The first kappa shape index (κ1) is 16.3. The summed E-state index contributed by atoms with van der Waals surface area (Å²) >= 11 is 0. The Bertz CT molecular complexity index is 499. The molecule has 0 aliphatic carbocycles. The highest BCUT2D eigenvalue weighted by Gasteiger charge is 2.38. The van der Waals surface area contributed by atoms with Gasteiger partial charge < -0.3 is 4.74 Å². The Kier molecular flexibility index (Phi) is 5.02. The van der Waals surface area contributed by atoms with Crippen molar-refractivity contribution in [2.24, 2.45) is 0 Å². The molecule has 1 aromatic rings. The van der Waals surface area contributed by atoms with E-state index in [1.165, 1.54) is 13.8 Å². The fraction of sp³-hybridized carbons (Fsp3) is 0.500. The molecule has 0 saturated heterocycles. The van der Waals surface area contributed by atoms with E-state index >= 15 is 0 Å². The molecule has 0 spiro atoms. The molecule has 0 radical (unpaired) electrons. The molecule has 0 unspecified atom stereocenters. The number of pyridine rings is 1. The Morgan fingerprint density at radius 2 is 2.00 bits per heavy atom. The van der Waals surface area contributed by atoms with E-state index in [0.29, 0.717) is 0 Å². The van der Waals surface area contributed by atoms with Gasteiger partial charge in [-0.15, -0.1) is 0 Å². The maximum atomic E-state index is 12.9. The van der Waals surface area contributed by atoms with Crippen molar-refractivity contribution in [3.8, 4) is 0 Å². The Hall–Kier alpha value is -1.73. The van der Waals surface area contributed by atoms with Crippen molar-refractivity contribution >= 4 is 5.97 Å². The molecular formula is C12H12F5NO2. The molecule has 0 amide bonds. The van der Waals surface area contributed by atoms with E-state index in [1.54, 1.807) is 0 Å². The van der Waals surface area contributed by atoms with Crippen molar-refractivity contribution in [1.82, 2.24) is 4.98 Å². The van der Waals surface area contributed by atoms with Gasteiger partial charge in [-0.25, -0.2) is 13.8 Å². The summed E-state index contributed by atoms with van der Waals surface area (Å²) in [6.07, 6.45) is -8.95. The van der Waals surface area contributed by atoms with Gasteiger partial charge in [0, 0.05) is 16.8 Å². The monoisotopic (exact) mass is 297 g/mol. The molecule has 0 saturated carbocycles. The summed E-state index contributed by atoms with van der Waals surface area (Å²) in [5.41, 5.74) is -3.35. The van der Waals surface area contributed by atoms with Crippen LogP contribution in [0.4, 0.5) is 22.0 Å². The number of esters is 1. The molecule has 0 bridgehead atoms. The minimum atomic E-state index is -4.92. The van der Waals surface area contributed by atoms with Gasteiger partial charge in [-0.05, 0) is 19.9 Å². The lowest BCUT2D eigenvalue weighted by Gasteiger charge is -2.16. The second-order valence-electron chi connectivity index (χ2n) is 3.96. The van der Waals surface area contributed by atoms with Gasteiger partial charge in [-0.1, -0.05) is 0 Å². The zero-order valence-corrected chi connectivity index (χ0v) is 10.7. The minimum absolute atomic E-state index is 0.0521. The van der Waals surface area contributed by atoms with Crippen LogP contribution in [0.3, 0.4) is 0 Å². The number of hydrogen-bond donors (Lipinski definition) is 0. The van der Waals surface area contributed by atoms with Crippen LogP contribution in [-0.2, 0) is 22.1 Å². The highest BCUT2D eigenvalue weighted by atomic mass is 19.4. The van der Waals surface area contributed by atoms with Crippen LogP contribution in [0.15, 0.2) is 6.07 Å². The van der Waals surface area contributed by atoms with E-state index < -0.39 is 41.8 Å². The van der Waals surface area contributed by atoms with Crippen molar-refractivity contribution in [2.45, 2.75) is 32.9 Å². The molecule has 20 heavy (non-hydrogen) atoms. The largest absolute Gasteiger partial charge is 0.466 e. The summed E-state index contributed by atoms with van der Waals surface area (Å²) in [6.45, 7) is 2.59. The molecule has 8 heteroatoms. The Balaban J connectivity index is 3.38. The molecule has 1 aromatic heterocycles. The zero-order valence-electron chi connectivity index (χ0n) is 10.7. The van der Waals surface area contributed by atoms with E-state index in [0.717, 1.165) is 6.07 Å². The number of hydrogen-bond acceptors (Lipinski definition) is 3. The van der Waals surface area contributed by atoms with Gasteiger partial charge >= 0.3 is 12.1 Å². The van der Waals surface area contributed by atoms with Gasteiger partial charge in [0.2, 0.25) is 0 Å². The lowest BCUT2D eigenvalue weighted by molar-refractivity contribution is -0.144. The number of aryl methyl sites for hydroxylation is 1. The Morgan fingerprint density at radius 1 is 1.40 bits per heavy atom. The quantitative estimate of drug-likeness (QED) is 0.631. The molecular weight excluding hydrogens is 285 g/mol. The van der Waals surface area contributed by atoms with E-state index in [1.807, 2.05) is 0 Å². The maximum Gasteiger partial charge on any atom is 0.433 e. The van der Waals surface area contributed by atoms with Gasteiger partial charge in [0.1, 0.15) is 5.69 Å². The molecule has 0 aliphatic heterocycles. The molecule has 112 valence electrons. The third kappa shape index (κ3) is 3.88. The van der Waals surface area contributed by atoms with Crippen LogP contribution < -0.4 is 0 Å². The van der Waals surface area contributed by atoms with E-state index in [-0.39, 0.29) is 12.3 Å². The highest BCUT2D eigenvalue weighted by molar-refractivity contribution is 5.73. The standard InChI is InChI=1S/C12H12F5NO2/c1-3-20-9(19)5-7-8(11(13)14)4-6(2)18-10(7)12(15,16)17/h4,11H,3,5H2,1-2H3. The SMILES string of the molecule is CCOC(=O)Cc1c(C(F)F)cc(C)nc1C(F)(F)F. The Labute approximate surface area is 111 Å². The number of rotatable bonds is 4. The van der Waals surface area contributed by atoms with Crippen molar-refractivity contribution in [3.05, 3.63) is 28.6 Å². The number of aromatic nitrogens is 1. The lowest BCUT2D eigenvalue weighted by Crippen LogP contribution is -2.19. The fourth-order valence-corrected chi connectivity index (χ4v) is 1.70. The number of carbonyl (C=O) groups excluding carboxylic acids is 1. The highest BCUT2D eigenvalue weighted by Crippen LogP contribution is 2.35. The lowest BCUT2D eigenvalue weighted by atomic mass is 10.0. The van der Waals surface area contributed by atoms with E-state index in [2.05, 4.69) is 9.72 Å². The number of ether oxygens (including phenoxy) is 1. The van der Waals surface area contributed by atoms with Crippen LogP contribution in [0.1, 0.15) is 35.9 Å². The first-order chi connectivity index (χ1) is 9.16. The summed E-state index contributed by atoms with van der Waals surface area (Å²) in [6, 6.07) is 0.842. The van der Waals surface area contributed by atoms with Gasteiger partial charge in [0.25, 0.3) is 6.43 Å². The third-order valence-electron chi connectivity index (χ3n) is 2.42. The predicted molar refractivity (Wildman–Crippen MR) is 59.3 cm³/mol. The van der Waals surface area contributed by atoms with Crippen LogP contribution in [0.25, 0.3) is 0 Å². The maximum absolute atomic E-state index is 12.9. The molecule has 1 rings (SSSR count). The number of halogens is 5. The Morgan fingerprint density at radius 3 is 2.45 bits per heavy atom. The molecule has 1 heterocycles. The van der Waals surface area contributed by atoms with E-state index in [9.17, 15) is 26.7 Å². The molecule has 0 N–H and O–H groups in total. The van der Waals surface area contributed by atoms with Crippen molar-refractivity contribution in [2.75, 3.05) is 6.61 Å². The zero-order chi connectivity index (χ0) is 15.5. The minimum Gasteiger partial charge on any atom is -0.466 e. The average molecular weight is 297 g/mol. The number of alkyl halides is 5. The number of carbonyl (C=O) groups is 1. The van der Waals surface area contributed by atoms with Gasteiger partial charge in [0.15, 0.2) is 0 Å². The average Bonchev–Trinajstić information content (AvgIpc) is 2.29. The first-order valence-electron chi connectivity index (χ1n) is 5.68. The molecule has 0 fully saturated rings. The smallest absolute Gasteiger partial charge is 0.433 e. The fourth-order valence-electron chi connectivity index (χ4n) is 1.70. The summed E-state index contributed by atoms with van der Waals surface area (Å²) < 4.78 is 68.8. The van der Waals surface area contributed by atoms with Crippen molar-refractivity contribution in [1.29, 1.82) is 0 Å². The topological polar surface area (TPSA) is 39.2 Å². The summed E-state index contributed by atoms with van der Waals surface area (Å²) in [7, 11) is 0. The van der Waals surface area contributed by atoms with Gasteiger partial charge in [-0.2, -0.15) is 13.2 Å². The second kappa shape index (κ2) is 6.15. The molecule has 0 aliphatic rings. The first-order valence-corrected chi connectivity index (χ1v) is 5.68. The second-order valence-corrected chi connectivity index (χ2v) is 3.96. The van der Waals surface area contributed by atoms with Gasteiger partial charge in [-0.3, -0.25) is 4.79 Å². The van der Waals surface area contributed by atoms with Crippen LogP contribution in [0.2, 0.25) is 0 Å². The predicted octanol–water partition coefficient (Wildman–Crippen LogP) is 3.45. The van der Waals surface area contributed by atoms with Crippen molar-refractivity contribution < 1.29 is 31.5 Å². The normalized spacial score (nSPS) is 11.8. The van der Waals surface area contributed by atoms with Crippen LogP contribution in [-0.4, -0.2) is 17.6 Å². The summed E-state index contributed by atoms with van der Waals surface area (Å²) in [4.78, 5) is 14.5. The number of nitrogens with zero attached hydrogens (tertiary/aromatic N) is 1. The van der Waals surface area contributed by atoms with Crippen LogP contribution >= 0.6 is 0 Å². The van der Waals surface area contributed by atoms with Crippen LogP contribution in [0.5, 0.6) is 0 Å². The summed E-state index contributed by atoms with van der Waals surface area (Å²) in [5, 5.41) is 0. The van der Waals surface area contributed by atoms with Crippen LogP contribution in [0, 0.1) is 6.92 Å². The van der Waals surface area contributed by atoms with Gasteiger partial charge in [0.05, 0.1) is 13.0 Å². The molecule has 0 atom stereocenters. The molecule has 0 aromatic carbocycles. The molecule has 3 nitrogen and oxygen atoms in total. The third-order valence-corrected chi connectivity index (χ3v) is 2.42. The van der Waals surface area contributed by atoms with E-state index in [4.69, 9.17) is 0 Å². The van der Waals surface area contributed by atoms with Crippen molar-refractivity contribution in [3.63, 3.8) is 0 Å². The summed E-state index contributed by atoms with van der Waals surface area (Å²) in [5.74, 6) is -1.01.